The highest BCUT2D eigenvalue weighted by Gasteiger charge is 2.23. The molecule has 2 heterocycles. The third kappa shape index (κ3) is 2.09. The molecule has 1 aromatic heterocycles. The van der Waals surface area contributed by atoms with Crippen molar-refractivity contribution in [3.8, 4) is 11.1 Å². The fourth-order valence-electron chi connectivity index (χ4n) is 2.45. The average molecular weight is 271 g/mol. The van der Waals surface area contributed by atoms with Crippen LogP contribution in [0, 0.1) is 0 Å². The molecule has 0 aliphatic carbocycles. The van der Waals surface area contributed by atoms with E-state index in [1.165, 1.54) is 0 Å². The van der Waals surface area contributed by atoms with Crippen LogP contribution in [0.1, 0.15) is 0 Å². The highest BCUT2D eigenvalue weighted by atomic mass is 16.2. The summed E-state index contributed by atoms with van der Waals surface area (Å²) in [5.41, 5.74) is 8.79. The quantitative estimate of drug-likeness (QED) is 0.852. The third-order valence-corrected chi connectivity index (χ3v) is 3.66. The molecule has 2 aromatic rings. The van der Waals surface area contributed by atoms with E-state index in [1.54, 1.807) is 11.1 Å². The van der Waals surface area contributed by atoms with Gasteiger partial charge in [0.15, 0.2) is 0 Å². The molecule has 20 heavy (non-hydrogen) atoms. The average Bonchev–Trinajstić information content (AvgIpc) is 2.88. The van der Waals surface area contributed by atoms with E-state index in [4.69, 9.17) is 5.73 Å². The number of carbonyl (C=O) groups excluding carboxylic acids is 1. The van der Waals surface area contributed by atoms with Crippen LogP contribution in [-0.2, 0) is 4.79 Å². The smallest absolute Gasteiger partial charge is 0.241 e. The van der Waals surface area contributed by atoms with Crippen molar-refractivity contribution in [2.24, 2.45) is 0 Å². The first-order valence-corrected chi connectivity index (χ1v) is 6.54. The molecule has 6 nitrogen and oxygen atoms in total. The molecule has 1 amide bonds. The molecule has 0 spiro atoms. The van der Waals surface area contributed by atoms with Gasteiger partial charge in [-0.25, -0.2) is 0 Å². The molecular weight excluding hydrogens is 254 g/mol. The van der Waals surface area contributed by atoms with Crippen molar-refractivity contribution in [2.45, 2.75) is 0 Å². The summed E-state index contributed by atoms with van der Waals surface area (Å²) in [4.78, 5) is 15.7. The number of rotatable bonds is 2. The number of carbonyl (C=O) groups is 1. The number of nitrogens with one attached hydrogen (secondary N) is 1. The van der Waals surface area contributed by atoms with Crippen LogP contribution in [-0.4, -0.2) is 47.7 Å². The van der Waals surface area contributed by atoms with Gasteiger partial charge in [-0.2, -0.15) is 5.10 Å². The van der Waals surface area contributed by atoms with Gasteiger partial charge in [0.05, 0.1) is 12.7 Å². The first-order valence-electron chi connectivity index (χ1n) is 6.54. The Bertz CT molecular complexity index is 636. The van der Waals surface area contributed by atoms with E-state index in [0.29, 0.717) is 12.4 Å². The minimum Gasteiger partial charge on any atom is -0.384 e. The summed E-state index contributed by atoms with van der Waals surface area (Å²) >= 11 is 0. The summed E-state index contributed by atoms with van der Waals surface area (Å²) in [7, 11) is 1.83. The Morgan fingerprint density at radius 2 is 2.05 bits per heavy atom. The van der Waals surface area contributed by atoms with Gasteiger partial charge in [-0.15, -0.1) is 0 Å². The lowest BCUT2D eigenvalue weighted by molar-refractivity contribution is -0.129. The number of nitrogens with zero attached hydrogens (tertiary/aromatic N) is 3. The second-order valence-electron chi connectivity index (χ2n) is 4.95. The molecule has 1 aromatic carbocycles. The van der Waals surface area contributed by atoms with Crippen molar-refractivity contribution in [1.29, 1.82) is 0 Å². The van der Waals surface area contributed by atoms with Crippen LogP contribution in [0.2, 0.25) is 0 Å². The standard InChI is InChI=1S/C14H17N5O/c1-18-6-7-19(9-13(18)20)12-5-3-2-4-10(12)11-8-16-17-14(11)15/h2-5,8H,6-7,9H2,1H3,(H3,15,16,17). The van der Waals surface area contributed by atoms with Crippen LogP contribution in [0.5, 0.6) is 0 Å². The Morgan fingerprint density at radius 1 is 1.25 bits per heavy atom. The first kappa shape index (κ1) is 12.5. The van der Waals surface area contributed by atoms with E-state index in [-0.39, 0.29) is 5.91 Å². The first-order chi connectivity index (χ1) is 9.66. The van der Waals surface area contributed by atoms with E-state index in [0.717, 1.165) is 29.9 Å². The number of para-hydroxylation sites is 1. The summed E-state index contributed by atoms with van der Waals surface area (Å²) in [6.45, 7) is 1.94. The molecule has 3 rings (SSSR count). The maximum absolute atomic E-state index is 11.9. The SMILES string of the molecule is CN1CCN(c2ccccc2-c2cn[nH]c2N)CC1=O. The van der Waals surface area contributed by atoms with Crippen molar-refractivity contribution in [3.05, 3.63) is 30.5 Å². The van der Waals surface area contributed by atoms with E-state index < -0.39 is 0 Å². The molecule has 0 bridgehead atoms. The predicted octanol–water partition coefficient (Wildman–Crippen LogP) is 0.937. The van der Waals surface area contributed by atoms with E-state index >= 15 is 0 Å². The number of piperazine rings is 1. The minimum atomic E-state index is 0.131. The monoisotopic (exact) mass is 271 g/mol. The number of nitrogens with two attached hydrogens (primary N) is 1. The second kappa shape index (κ2) is 4.88. The van der Waals surface area contributed by atoms with Gasteiger partial charge in [0.2, 0.25) is 5.91 Å². The summed E-state index contributed by atoms with van der Waals surface area (Å²) < 4.78 is 0. The van der Waals surface area contributed by atoms with Crippen LogP contribution in [0.15, 0.2) is 30.5 Å². The molecule has 0 radical (unpaired) electrons. The number of benzene rings is 1. The lowest BCUT2D eigenvalue weighted by atomic mass is 10.0. The third-order valence-electron chi connectivity index (χ3n) is 3.66. The van der Waals surface area contributed by atoms with Crippen LogP contribution < -0.4 is 10.6 Å². The molecule has 1 aliphatic rings. The fraction of sp³-hybridized carbons (Fsp3) is 0.286. The normalized spacial score (nSPS) is 15.8. The zero-order valence-electron chi connectivity index (χ0n) is 11.3. The van der Waals surface area contributed by atoms with Crippen LogP contribution >= 0.6 is 0 Å². The summed E-state index contributed by atoms with van der Waals surface area (Å²) in [5.74, 6) is 0.670. The van der Waals surface area contributed by atoms with Crippen molar-refractivity contribution < 1.29 is 4.79 Å². The van der Waals surface area contributed by atoms with Gasteiger partial charge in [-0.05, 0) is 6.07 Å². The van der Waals surface area contributed by atoms with Gasteiger partial charge in [-0.3, -0.25) is 9.89 Å². The topological polar surface area (TPSA) is 78.2 Å². The molecule has 0 unspecified atom stereocenters. The number of amides is 1. The molecule has 1 saturated heterocycles. The van der Waals surface area contributed by atoms with Gasteiger partial charge in [0.1, 0.15) is 5.82 Å². The zero-order valence-corrected chi connectivity index (χ0v) is 11.3. The number of hydrogen-bond acceptors (Lipinski definition) is 4. The zero-order chi connectivity index (χ0) is 14.1. The minimum absolute atomic E-state index is 0.131. The molecule has 1 fully saturated rings. The number of hydrogen-bond donors (Lipinski definition) is 2. The van der Waals surface area contributed by atoms with Gasteiger partial charge in [-0.1, -0.05) is 18.2 Å². The number of H-pyrrole nitrogens is 1. The molecule has 0 saturated carbocycles. The number of nitrogen functional groups attached to an aromatic ring is 1. The maximum Gasteiger partial charge on any atom is 0.241 e. The number of aromatic amines is 1. The van der Waals surface area contributed by atoms with Gasteiger partial charge in [0, 0.05) is 37.0 Å². The Hall–Kier alpha value is -2.50. The van der Waals surface area contributed by atoms with Crippen molar-refractivity contribution in [1.82, 2.24) is 15.1 Å². The van der Waals surface area contributed by atoms with Gasteiger partial charge < -0.3 is 15.5 Å². The molecule has 104 valence electrons. The Morgan fingerprint density at radius 3 is 2.75 bits per heavy atom. The van der Waals surface area contributed by atoms with Gasteiger partial charge in [0.25, 0.3) is 0 Å². The highest BCUT2D eigenvalue weighted by Crippen LogP contribution is 2.33. The fourth-order valence-corrected chi connectivity index (χ4v) is 2.45. The lowest BCUT2D eigenvalue weighted by Crippen LogP contribution is -2.48. The van der Waals surface area contributed by atoms with E-state index in [2.05, 4.69) is 15.1 Å². The summed E-state index contributed by atoms with van der Waals surface area (Å²) in [6.07, 6.45) is 1.71. The Kier molecular flexibility index (Phi) is 3.06. The van der Waals surface area contributed by atoms with Gasteiger partial charge >= 0.3 is 0 Å². The van der Waals surface area contributed by atoms with Crippen molar-refractivity contribution >= 4 is 17.4 Å². The van der Waals surface area contributed by atoms with Crippen LogP contribution in [0.25, 0.3) is 11.1 Å². The van der Waals surface area contributed by atoms with E-state index in [9.17, 15) is 4.79 Å². The van der Waals surface area contributed by atoms with Crippen LogP contribution in [0.4, 0.5) is 11.5 Å². The number of aromatic nitrogens is 2. The summed E-state index contributed by atoms with van der Waals surface area (Å²) in [5, 5.41) is 6.71. The molecular formula is C14H17N5O. The highest BCUT2D eigenvalue weighted by molar-refractivity contribution is 5.88. The Labute approximate surface area is 117 Å². The van der Waals surface area contributed by atoms with Crippen molar-refractivity contribution in [3.63, 3.8) is 0 Å². The lowest BCUT2D eigenvalue weighted by Gasteiger charge is -2.34. The van der Waals surface area contributed by atoms with Crippen molar-refractivity contribution in [2.75, 3.05) is 37.3 Å². The molecule has 3 N–H and O–H groups in total. The molecule has 1 aliphatic heterocycles. The van der Waals surface area contributed by atoms with Crippen LogP contribution in [0.3, 0.4) is 0 Å². The number of anilines is 2. The predicted molar refractivity (Wildman–Crippen MR) is 78.3 cm³/mol. The molecule has 0 atom stereocenters. The maximum atomic E-state index is 11.9. The Balaban J connectivity index is 1.99. The number of likely N-dealkylation sites (N-methyl/N-ethyl adjacent to an activating group) is 1. The molecule has 6 heteroatoms. The summed E-state index contributed by atoms with van der Waals surface area (Å²) in [6, 6.07) is 7.95. The second-order valence-corrected chi connectivity index (χ2v) is 4.95. The van der Waals surface area contributed by atoms with E-state index in [1.807, 2.05) is 31.3 Å². The largest absolute Gasteiger partial charge is 0.384 e.